The van der Waals surface area contributed by atoms with Crippen LogP contribution in [0, 0.1) is 0 Å². The zero-order valence-electron chi connectivity index (χ0n) is 8.18. The minimum Gasteiger partial charge on any atom is -0.326 e. The zero-order chi connectivity index (χ0) is 9.03. The highest BCUT2D eigenvalue weighted by Gasteiger charge is 2.33. The van der Waals surface area contributed by atoms with Crippen molar-refractivity contribution in [2.75, 3.05) is 0 Å². The summed E-state index contributed by atoms with van der Waals surface area (Å²) in [6.07, 6.45) is 8.37. The van der Waals surface area contributed by atoms with Gasteiger partial charge in [-0.1, -0.05) is 32.6 Å². The Morgan fingerprint density at radius 2 is 2.17 bits per heavy atom. The second kappa shape index (κ2) is 4.24. The molecule has 0 amide bonds. The largest absolute Gasteiger partial charge is 0.326 e. The van der Waals surface area contributed by atoms with Crippen LogP contribution >= 0.6 is 0 Å². The molecule has 2 atom stereocenters. The van der Waals surface area contributed by atoms with E-state index < -0.39 is 0 Å². The van der Waals surface area contributed by atoms with E-state index in [0.717, 1.165) is 19.3 Å². The Morgan fingerprint density at radius 1 is 1.42 bits per heavy atom. The molecule has 2 nitrogen and oxygen atoms in total. The van der Waals surface area contributed by atoms with Crippen molar-refractivity contribution < 1.29 is 0 Å². The predicted octanol–water partition coefficient (Wildman–Crippen LogP) is 1.78. The third kappa shape index (κ3) is 2.20. The van der Waals surface area contributed by atoms with E-state index in [2.05, 4.69) is 6.92 Å². The Kier molecular flexibility index (Phi) is 3.53. The quantitative estimate of drug-likeness (QED) is 0.678. The second-order valence-electron chi connectivity index (χ2n) is 4.19. The normalized spacial score (nSPS) is 36.8. The van der Waals surface area contributed by atoms with Crippen LogP contribution in [0.5, 0.6) is 0 Å². The number of rotatable bonds is 3. The summed E-state index contributed by atoms with van der Waals surface area (Å²) in [5, 5.41) is 0. The van der Waals surface area contributed by atoms with Gasteiger partial charge in [-0.3, -0.25) is 0 Å². The molecule has 0 spiro atoms. The van der Waals surface area contributed by atoms with Gasteiger partial charge in [0, 0.05) is 11.6 Å². The van der Waals surface area contributed by atoms with Crippen molar-refractivity contribution >= 4 is 0 Å². The highest BCUT2D eigenvalue weighted by Crippen LogP contribution is 2.29. The van der Waals surface area contributed by atoms with E-state index in [0.29, 0.717) is 0 Å². The summed E-state index contributed by atoms with van der Waals surface area (Å²) in [5.74, 6) is 0. The fraction of sp³-hybridized carbons (Fsp3) is 1.00. The Balaban J connectivity index is 2.42. The van der Waals surface area contributed by atoms with Crippen LogP contribution in [0.3, 0.4) is 0 Å². The monoisotopic (exact) mass is 170 g/mol. The average molecular weight is 170 g/mol. The van der Waals surface area contributed by atoms with E-state index in [4.69, 9.17) is 11.5 Å². The van der Waals surface area contributed by atoms with Gasteiger partial charge in [-0.15, -0.1) is 0 Å². The molecule has 0 radical (unpaired) electrons. The molecule has 0 aromatic rings. The Morgan fingerprint density at radius 3 is 2.75 bits per heavy atom. The lowest BCUT2D eigenvalue weighted by atomic mass is 9.75. The van der Waals surface area contributed by atoms with E-state index in [1.165, 1.54) is 25.7 Å². The van der Waals surface area contributed by atoms with Crippen LogP contribution < -0.4 is 11.5 Å². The van der Waals surface area contributed by atoms with Gasteiger partial charge < -0.3 is 11.5 Å². The van der Waals surface area contributed by atoms with Crippen molar-refractivity contribution in [1.29, 1.82) is 0 Å². The average Bonchev–Trinajstić information content (AvgIpc) is 2.07. The fourth-order valence-electron chi connectivity index (χ4n) is 2.11. The van der Waals surface area contributed by atoms with Gasteiger partial charge in [0.2, 0.25) is 0 Å². The minimum absolute atomic E-state index is 0.0335. The molecular formula is C10H22N2. The van der Waals surface area contributed by atoms with E-state index in [-0.39, 0.29) is 11.6 Å². The first-order chi connectivity index (χ1) is 5.69. The fourth-order valence-corrected chi connectivity index (χ4v) is 2.11. The molecular weight excluding hydrogens is 148 g/mol. The summed E-state index contributed by atoms with van der Waals surface area (Å²) < 4.78 is 0. The molecule has 0 heterocycles. The minimum atomic E-state index is -0.0335. The molecule has 4 N–H and O–H groups in total. The van der Waals surface area contributed by atoms with Crippen molar-refractivity contribution in [1.82, 2.24) is 0 Å². The van der Waals surface area contributed by atoms with Gasteiger partial charge in [0.1, 0.15) is 0 Å². The summed E-state index contributed by atoms with van der Waals surface area (Å²) in [6, 6.07) is 0.248. The molecule has 2 heteroatoms. The smallest absolute Gasteiger partial charge is 0.0307 e. The van der Waals surface area contributed by atoms with Crippen LogP contribution in [0.1, 0.15) is 51.9 Å². The molecule has 0 aromatic carbocycles. The first kappa shape index (κ1) is 10.0. The van der Waals surface area contributed by atoms with E-state index >= 15 is 0 Å². The molecule has 72 valence electrons. The lowest BCUT2D eigenvalue weighted by Gasteiger charge is -2.39. The van der Waals surface area contributed by atoms with Gasteiger partial charge in [-0.05, 0) is 19.3 Å². The third-order valence-electron chi connectivity index (χ3n) is 3.14. The maximum atomic E-state index is 6.26. The van der Waals surface area contributed by atoms with Crippen molar-refractivity contribution in [2.45, 2.75) is 63.5 Å². The number of nitrogens with two attached hydrogens (primary N) is 2. The van der Waals surface area contributed by atoms with Crippen molar-refractivity contribution in [3.8, 4) is 0 Å². The van der Waals surface area contributed by atoms with Gasteiger partial charge in [0.25, 0.3) is 0 Å². The highest BCUT2D eigenvalue weighted by molar-refractivity contribution is 4.96. The first-order valence-electron chi connectivity index (χ1n) is 5.23. The topological polar surface area (TPSA) is 52.0 Å². The van der Waals surface area contributed by atoms with Gasteiger partial charge in [-0.2, -0.15) is 0 Å². The molecule has 0 aromatic heterocycles. The summed E-state index contributed by atoms with van der Waals surface area (Å²) in [7, 11) is 0. The van der Waals surface area contributed by atoms with Crippen LogP contribution in [-0.4, -0.2) is 11.6 Å². The van der Waals surface area contributed by atoms with Crippen LogP contribution in [0.4, 0.5) is 0 Å². The second-order valence-corrected chi connectivity index (χ2v) is 4.19. The van der Waals surface area contributed by atoms with E-state index in [1.807, 2.05) is 0 Å². The number of hydrogen-bond acceptors (Lipinski definition) is 2. The molecule has 1 aliphatic rings. The summed E-state index contributed by atoms with van der Waals surface area (Å²) in [4.78, 5) is 0. The molecule has 0 aliphatic heterocycles. The maximum absolute atomic E-state index is 6.26. The van der Waals surface area contributed by atoms with Gasteiger partial charge in [0.15, 0.2) is 0 Å². The van der Waals surface area contributed by atoms with Crippen molar-refractivity contribution in [3.05, 3.63) is 0 Å². The summed E-state index contributed by atoms with van der Waals surface area (Å²) >= 11 is 0. The molecule has 0 bridgehead atoms. The summed E-state index contributed by atoms with van der Waals surface area (Å²) in [6.45, 7) is 2.21. The Hall–Kier alpha value is -0.0800. The SMILES string of the molecule is CCCCC1(N)CCCCC1N. The van der Waals surface area contributed by atoms with Crippen LogP contribution in [0.25, 0.3) is 0 Å². The number of unbranched alkanes of at least 4 members (excludes halogenated alkanes) is 1. The molecule has 2 unspecified atom stereocenters. The van der Waals surface area contributed by atoms with E-state index in [9.17, 15) is 0 Å². The summed E-state index contributed by atoms with van der Waals surface area (Å²) in [5.41, 5.74) is 12.3. The van der Waals surface area contributed by atoms with Gasteiger partial charge in [0.05, 0.1) is 0 Å². The zero-order valence-corrected chi connectivity index (χ0v) is 8.18. The molecule has 12 heavy (non-hydrogen) atoms. The maximum Gasteiger partial charge on any atom is 0.0307 e. The lowest BCUT2D eigenvalue weighted by molar-refractivity contribution is 0.232. The molecule has 0 saturated heterocycles. The highest BCUT2D eigenvalue weighted by atomic mass is 14.9. The Bertz CT molecular complexity index is 136. The first-order valence-corrected chi connectivity index (χ1v) is 5.23. The molecule has 1 saturated carbocycles. The van der Waals surface area contributed by atoms with Crippen LogP contribution in [-0.2, 0) is 0 Å². The number of hydrogen-bond donors (Lipinski definition) is 2. The van der Waals surface area contributed by atoms with E-state index in [1.54, 1.807) is 0 Å². The third-order valence-corrected chi connectivity index (χ3v) is 3.14. The lowest BCUT2D eigenvalue weighted by Crippen LogP contribution is -2.56. The predicted molar refractivity (Wildman–Crippen MR) is 52.9 cm³/mol. The standard InChI is InChI=1S/C10H22N2/c1-2-3-7-10(12)8-5-4-6-9(10)11/h9H,2-8,11-12H2,1H3. The van der Waals surface area contributed by atoms with Crippen LogP contribution in [0.15, 0.2) is 0 Å². The van der Waals surface area contributed by atoms with Crippen molar-refractivity contribution in [3.63, 3.8) is 0 Å². The van der Waals surface area contributed by atoms with Gasteiger partial charge in [-0.25, -0.2) is 0 Å². The Labute approximate surface area is 75.7 Å². The van der Waals surface area contributed by atoms with Gasteiger partial charge >= 0.3 is 0 Å². The van der Waals surface area contributed by atoms with Crippen molar-refractivity contribution in [2.24, 2.45) is 11.5 Å². The molecule has 1 aliphatic carbocycles. The van der Waals surface area contributed by atoms with Crippen LogP contribution in [0.2, 0.25) is 0 Å². The molecule has 1 fully saturated rings. The molecule has 1 rings (SSSR count).